The Morgan fingerprint density at radius 1 is 1.05 bits per heavy atom. The van der Waals surface area contributed by atoms with Crippen molar-refractivity contribution < 1.29 is 4.79 Å². The monoisotopic (exact) mass is 276 g/mol. The smallest absolute Gasteiger partial charge is 0.255 e. The molecule has 3 nitrogen and oxygen atoms in total. The van der Waals surface area contributed by atoms with Gasteiger partial charge >= 0.3 is 0 Å². The van der Waals surface area contributed by atoms with Crippen molar-refractivity contribution >= 4 is 22.5 Å². The number of carbonyl (C=O) groups is 1. The molecular formula is C18H16N2O. The molecule has 0 saturated carbocycles. The molecule has 3 rings (SSSR count). The molecule has 0 spiro atoms. The van der Waals surface area contributed by atoms with Crippen molar-refractivity contribution in [3.63, 3.8) is 0 Å². The van der Waals surface area contributed by atoms with E-state index in [2.05, 4.69) is 10.3 Å². The van der Waals surface area contributed by atoms with E-state index < -0.39 is 0 Å². The van der Waals surface area contributed by atoms with Crippen molar-refractivity contribution in [2.24, 2.45) is 0 Å². The van der Waals surface area contributed by atoms with E-state index in [0.717, 1.165) is 27.7 Å². The Kier molecular flexibility index (Phi) is 3.40. The fourth-order valence-corrected chi connectivity index (χ4v) is 2.47. The highest BCUT2D eigenvalue weighted by Crippen LogP contribution is 2.22. The maximum absolute atomic E-state index is 12.5. The van der Waals surface area contributed by atoms with Crippen LogP contribution in [-0.2, 0) is 0 Å². The fraction of sp³-hybridized carbons (Fsp3) is 0.111. The Morgan fingerprint density at radius 3 is 2.71 bits per heavy atom. The number of nitrogens with one attached hydrogen (secondary N) is 1. The van der Waals surface area contributed by atoms with Crippen LogP contribution in [0.3, 0.4) is 0 Å². The van der Waals surface area contributed by atoms with E-state index in [1.165, 1.54) is 0 Å². The van der Waals surface area contributed by atoms with Gasteiger partial charge in [0.15, 0.2) is 0 Å². The summed E-state index contributed by atoms with van der Waals surface area (Å²) < 4.78 is 0. The average Bonchev–Trinajstić information content (AvgIpc) is 2.47. The second-order valence-corrected chi connectivity index (χ2v) is 5.15. The predicted molar refractivity (Wildman–Crippen MR) is 85.6 cm³/mol. The van der Waals surface area contributed by atoms with Crippen LogP contribution in [0.1, 0.15) is 21.5 Å². The van der Waals surface area contributed by atoms with Gasteiger partial charge in [-0.1, -0.05) is 23.8 Å². The minimum Gasteiger partial charge on any atom is -0.321 e. The second-order valence-electron chi connectivity index (χ2n) is 5.15. The minimum absolute atomic E-state index is 0.0937. The number of pyridine rings is 1. The summed E-state index contributed by atoms with van der Waals surface area (Å²) in [5.74, 6) is -0.0937. The number of aryl methyl sites for hydroxylation is 2. The normalized spacial score (nSPS) is 10.6. The topological polar surface area (TPSA) is 42.0 Å². The Morgan fingerprint density at radius 2 is 1.90 bits per heavy atom. The van der Waals surface area contributed by atoms with Crippen LogP contribution in [-0.4, -0.2) is 10.9 Å². The summed E-state index contributed by atoms with van der Waals surface area (Å²) in [4.78, 5) is 16.8. The number of hydrogen-bond acceptors (Lipinski definition) is 2. The molecule has 0 unspecified atom stereocenters. The maximum Gasteiger partial charge on any atom is 0.255 e. The highest BCUT2D eigenvalue weighted by Gasteiger charge is 2.10. The number of amides is 1. The molecule has 0 aliphatic carbocycles. The molecule has 1 amide bonds. The van der Waals surface area contributed by atoms with Gasteiger partial charge in [-0.25, -0.2) is 0 Å². The summed E-state index contributed by atoms with van der Waals surface area (Å²) in [6, 6.07) is 15.4. The van der Waals surface area contributed by atoms with Gasteiger partial charge < -0.3 is 5.32 Å². The summed E-state index contributed by atoms with van der Waals surface area (Å²) in [5.41, 5.74) is 4.48. The number of aromatic nitrogens is 1. The van der Waals surface area contributed by atoms with Gasteiger partial charge in [-0.15, -0.1) is 0 Å². The summed E-state index contributed by atoms with van der Waals surface area (Å²) in [7, 11) is 0. The van der Waals surface area contributed by atoms with E-state index in [1.807, 2.05) is 62.4 Å². The Labute approximate surface area is 123 Å². The van der Waals surface area contributed by atoms with Crippen LogP contribution in [0.5, 0.6) is 0 Å². The molecule has 0 aliphatic heterocycles. The van der Waals surface area contributed by atoms with Gasteiger partial charge in [0.05, 0.1) is 11.2 Å². The predicted octanol–water partition coefficient (Wildman–Crippen LogP) is 4.10. The minimum atomic E-state index is -0.0937. The molecule has 104 valence electrons. The van der Waals surface area contributed by atoms with Gasteiger partial charge in [0.1, 0.15) is 0 Å². The molecule has 1 aromatic heterocycles. The number of anilines is 1. The van der Waals surface area contributed by atoms with Crippen LogP contribution in [0.15, 0.2) is 54.7 Å². The van der Waals surface area contributed by atoms with Crippen LogP contribution in [0.4, 0.5) is 5.69 Å². The summed E-state index contributed by atoms with van der Waals surface area (Å²) >= 11 is 0. The molecule has 0 atom stereocenters. The molecule has 3 heteroatoms. The summed E-state index contributed by atoms with van der Waals surface area (Å²) in [6.45, 7) is 3.97. The van der Waals surface area contributed by atoms with Crippen LogP contribution < -0.4 is 5.32 Å². The number of nitrogens with zero attached hydrogens (tertiary/aromatic N) is 1. The van der Waals surface area contributed by atoms with E-state index >= 15 is 0 Å². The van der Waals surface area contributed by atoms with E-state index in [0.29, 0.717) is 5.56 Å². The van der Waals surface area contributed by atoms with Crippen molar-refractivity contribution in [3.05, 3.63) is 71.4 Å². The molecule has 3 aromatic rings. The Bertz CT molecular complexity index is 819. The Hall–Kier alpha value is -2.68. The van der Waals surface area contributed by atoms with Gasteiger partial charge in [0.25, 0.3) is 5.91 Å². The van der Waals surface area contributed by atoms with Crippen molar-refractivity contribution in [2.45, 2.75) is 13.8 Å². The SMILES string of the molecule is Cc1ccc(C(=O)Nc2cccc3ncccc23)c(C)c1. The lowest BCUT2D eigenvalue weighted by molar-refractivity contribution is 0.102. The quantitative estimate of drug-likeness (QED) is 0.765. The summed E-state index contributed by atoms with van der Waals surface area (Å²) in [5, 5.41) is 3.93. The fourth-order valence-electron chi connectivity index (χ4n) is 2.47. The molecule has 21 heavy (non-hydrogen) atoms. The molecule has 0 radical (unpaired) electrons. The van der Waals surface area contributed by atoms with E-state index in [9.17, 15) is 4.79 Å². The standard InChI is InChI=1S/C18H16N2O/c1-12-8-9-14(13(2)11-12)18(21)20-17-7-3-6-16-15(17)5-4-10-19-16/h3-11H,1-2H3,(H,20,21). The number of benzene rings is 2. The van der Waals surface area contributed by atoms with Crippen LogP contribution in [0.2, 0.25) is 0 Å². The lowest BCUT2D eigenvalue weighted by Gasteiger charge is -2.10. The van der Waals surface area contributed by atoms with Crippen LogP contribution in [0, 0.1) is 13.8 Å². The first-order chi connectivity index (χ1) is 10.1. The zero-order chi connectivity index (χ0) is 14.8. The van der Waals surface area contributed by atoms with Gasteiger partial charge in [-0.05, 0) is 49.7 Å². The second kappa shape index (κ2) is 5.37. The molecule has 1 heterocycles. The maximum atomic E-state index is 12.5. The third kappa shape index (κ3) is 2.63. The van der Waals surface area contributed by atoms with Crippen LogP contribution >= 0.6 is 0 Å². The highest BCUT2D eigenvalue weighted by atomic mass is 16.1. The van der Waals surface area contributed by atoms with Crippen LogP contribution in [0.25, 0.3) is 10.9 Å². The molecular weight excluding hydrogens is 260 g/mol. The third-order valence-corrected chi connectivity index (χ3v) is 3.52. The number of fused-ring (bicyclic) bond motifs is 1. The first kappa shape index (κ1) is 13.3. The molecule has 0 aliphatic rings. The first-order valence-electron chi connectivity index (χ1n) is 6.87. The van der Waals surface area contributed by atoms with Crippen molar-refractivity contribution in [1.82, 2.24) is 4.98 Å². The average molecular weight is 276 g/mol. The molecule has 0 bridgehead atoms. The third-order valence-electron chi connectivity index (χ3n) is 3.52. The van der Waals surface area contributed by atoms with Gasteiger partial charge in [0.2, 0.25) is 0 Å². The lowest BCUT2D eigenvalue weighted by Crippen LogP contribution is -2.13. The first-order valence-corrected chi connectivity index (χ1v) is 6.87. The zero-order valence-electron chi connectivity index (χ0n) is 12.1. The van der Waals surface area contributed by atoms with E-state index in [1.54, 1.807) is 6.20 Å². The lowest BCUT2D eigenvalue weighted by atomic mass is 10.0. The van der Waals surface area contributed by atoms with E-state index in [-0.39, 0.29) is 5.91 Å². The highest BCUT2D eigenvalue weighted by molar-refractivity contribution is 6.09. The number of rotatable bonds is 2. The Balaban J connectivity index is 1.97. The molecule has 2 aromatic carbocycles. The van der Waals surface area contributed by atoms with Gasteiger partial charge in [-0.3, -0.25) is 9.78 Å². The largest absolute Gasteiger partial charge is 0.321 e. The van der Waals surface area contributed by atoms with Crippen molar-refractivity contribution in [3.8, 4) is 0 Å². The van der Waals surface area contributed by atoms with E-state index in [4.69, 9.17) is 0 Å². The number of carbonyl (C=O) groups excluding carboxylic acids is 1. The van der Waals surface area contributed by atoms with Crippen molar-refractivity contribution in [1.29, 1.82) is 0 Å². The van der Waals surface area contributed by atoms with Gasteiger partial charge in [-0.2, -0.15) is 0 Å². The van der Waals surface area contributed by atoms with Gasteiger partial charge in [0, 0.05) is 17.1 Å². The molecule has 0 fully saturated rings. The zero-order valence-corrected chi connectivity index (χ0v) is 12.1. The molecule has 1 N–H and O–H groups in total. The van der Waals surface area contributed by atoms with Crippen molar-refractivity contribution in [2.75, 3.05) is 5.32 Å². The summed E-state index contributed by atoms with van der Waals surface area (Å²) in [6.07, 6.45) is 1.75. The molecule has 0 saturated heterocycles. The number of hydrogen-bond donors (Lipinski definition) is 1.